The Morgan fingerprint density at radius 2 is 0.930 bits per heavy atom. The maximum Gasteiger partial charge on any atom is 0.136 e. The number of furan rings is 1. The minimum atomic E-state index is 0.888. The van der Waals surface area contributed by atoms with Crippen LogP contribution in [0.2, 0.25) is 0 Å². The van der Waals surface area contributed by atoms with Crippen LogP contribution in [0.4, 0.5) is 17.1 Å². The minimum absolute atomic E-state index is 0.888. The van der Waals surface area contributed by atoms with E-state index in [1.165, 1.54) is 27.4 Å². The Labute approximate surface area is 330 Å². The normalized spacial score (nSPS) is 11.5. The van der Waals surface area contributed by atoms with E-state index in [-0.39, 0.29) is 0 Å². The predicted octanol–water partition coefficient (Wildman–Crippen LogP) is 15.2. The number of para-hydroxylation sites is 3. The zero-order valence-corrected chi connectivity index (χ0v) is 31.1. The number of nitrogens with zero attached hydrogens (tertiary/aromatic N) is 2. The van der Waals surface area contributed by atoms with E-state index in [2.05, 4.69) is 216 Å². The molecule has 11 aromatic rings. The highest BCUT2D eigenvalue weighted by molar-refractivity contribution is 6.17. The molecule has 0 aliphatic carbocycles. The molecule has 0 aliphatic heterocycles. The Kier molecular flexibility index (Phi) is 7.82. The highest BCUT2D eigenvalue weighted by Gasteiger charge is 2.22. The zero-order valence-electron chi connectivity index (χ0n) is 31.1. The van der Waals surface area contributed by atoms with Gasteiger partial charge in [0.2, 0.25) is 0 Å². The molecular formula is C54H36N2O. The van der Waals surface area contributed by atoms with Crippen molar-refractivity contribution in [3.05, 3.63) is 218 Å². The van der Waals surface area contributed by atoms with Crippen molar-refractivity contribution in [2.75, 3.05) is 4.90 Å². The summed E-state index contributed by atoms with van der Waals surface area (Å²) in [5, 5.41) is 4.70. The molecule has 0 N–H and O–H groups in total. The van der Waals surface area contributed by atoms with Gasteiger partial charge >= 0.3 is 0 Å². The first-order valence-corrected chi connectivity index (χ1v) is 19.4. The van der Waals surface area contributed by atoms with Gasteiger partial charge in [0.15, 0.2) is 0 Å². The molecule has 0 fully saturated rings. The molecule has 9 aromatic carbocycles. The molecule has 0 amide bonds. The summed E-state index contributed by atoms with van der Waals surface area (Å²) < 4.78 is 8.75. The minimum Gasteiger partial charge on any atom is -0.456 e. The molecule has 0 saturated carbocycles. The first-order valence-electron chi connectivity index (χ1n) is 19.4. The van der Waals surface area contributed by atoms with Crippen LogP contribution >= 0.6 is 0 Å². The van der Waals surface area contributed by atoms with E-state index >= 15 is 0 Å². The number of hydrogen-bond acceptors (Lipinski definition) is 2. The van der Waals surface area contributed by atoms with Crippen molar-refractivity contribution in [2.24, 2.45) is 0 Å². The average molecular weight is 729 g/mol. The topological polar surface area (TPSA) is 21.3 Å². The highest BCUT2D eigenvalue weighted by Crippen LogP contribution is 2.46. The van der Waals surface area contributed by atoms with Crippen LogP contribution < -0.4 is 4.90 Å². The molecule has 2 heterocycles. The van der Waals surface area contributed by atoms with Crippen LogP contribution in [0.15, 0.2) is 223 Å². The first-order chi connectivity index (χ1) is 28.3. The van der Waals surface area contributed by atoms with Gasteiger partial charge in [-0.3, -0.25) is 0 Å². The van der Waals surface area contributed by atoms with E-state index in [0.29, 0.717) is 0 Å². The highest BCUT2D eigenvalue weighted by atomic mass is 16.3. The summed E-state index contributed by atoms with van der Waals surface area (Å²) in [5.41, 5.74) is 15.5. The smallest absolute Gasteiger partial charge is 0.136 e. The van der Waals surface area contributed by atoms with Crippen LogP contribution in [0.25, 0.3) is 82.8 Å². The van der Waals surface area contributed by atoms with Crippen molar-refractivity contribution < 1.29 is 4.42 Å². The van der Waals surface area contributed by atoms with Gasteiger partial charge < -0.3 is 13.9 Å². The lowest BCUT2D eigenvalue weighted by Crippen LogP contribution is -2.11. The number of fused-ring (bicyclic) bond motifs is 6. The Hall–Kier alpha value is -7.62. The fourth-order valence-electron chi connectivity index (χ4n) is 8.69. The second-order valence-corrected chi connectivity index (χ2v) is 14.5. The van der Waals surface area contributed by atoms with Crippen LogP contribution in [-0.2, 0) is 0 Å². The molecule has 3 heteroatoms. The van der Waals surface area contributed by atoms with E-state index in [0.717, 1.165) is 72.5 Å². The van der Waals surface area contributed by atoms with Crippen molar-refractivity contribution in [1.29, 1.82) is 0 Å². The van der Waals surface area contributed by atoms with Crippen molar-refractivity contribution >= 4 is 60.8 Å². The number of anilines is 3. The van der Waals surface area contributed by atoms with Crippen molar-refractivity contribution in [3.63, 3.8) is 0 Å². The van der Waals surface area contributed by atoms with Gasteiger partial charge in [-0.15, -0.1) is 0 Å². The molecule has 57 heavy (non-hydrogen) atoms. The maximum atomic E-state index is 6.33. The van der Waals surface area contributed by atoms with Gasteiger partial charge in [0.25, 0.3) is 0 Å². The van der Waals surface area contributed by atoms with Crippen LogP contribution in [0.5, 0.6) is 0 Å². The summed E-state index contributed by atoms with van der Waals surface area (Å²) in [6.45, 7) is 0. The lowest BCUT2D eigenvalue weighted by Gasteiger charge is -2.28. The second kappa shape index (κ2) is 13.6. The number of rotatable bonds is 7. The van der Waals surface area contributed by atoms with E-state index in [1.807, 2.05) is 12.1 Å². The largest absolute Gasteiger partial charge is 0.456 e. The van der Waals surface area contributed by atoms with Gasteiger partial charge in [-0.2, -0.15) is 0 Å². The molecule has 2 aromatic heterocycles. The van der Waals surface area contributed by atoms with Gasteiger partial charge in [-0.25, -0.2) is 0 Å². The summed E-state index contributed by atoms with van der Waals surface area (Å²) >= 11 is 0. The molecule has 3 nitrogen and oxygen atoms in total. The number of aromatic nitrogens is 1. The van der Waals surface area contributed by atoms with Crippen molar-refractivity contribution in [3.8, 4) is 39.1 Å². The third kappa shape index (κ3) is 5.51. The standard InChI is InChI=1S/C54H36N2O/c1-4-17-37(18-5-1)43-25-10-12-29-48(43)55(41-24-14-21-39(35-41)45-28-16-32-52-54(45)47-26-11-13-31-51(47)57-52)42-33-34-46-50(36-42)56(40-22-8-3-9-23-40)49-30-15-27-44(53(46)49)38-19-6-2-7-20-38/h1-36H. The van der Waals surface area contributed by atoms with E-state index in [1.54, 1.807) is 0 Å². The Morgan fingerprint density at radius 3 is 1.74 bits per heavy atom. The van der Waals surface area contributed by atoms with Gasteiger partial charge in [-0.1, -0.05) is 158 Å². The second-order valence-electron chi connectivity index (χ2n) is 14.5. The van der Waals surface area contributed by atoms with Crippen LogP contribution in [0, 0.1) is 0 Å². The molecule has 268 valence electrons. The van der Waals surface area contributed by atoms with Gasteiger partial charge in [-0.05, 0) is 88.5 Å². The molecule has 0 spiro atoms. The zero-order chi connectivity index (χ0) is 37.7. The Balaban J connectivity index is 1.18. The fourth-order valence-corrected chi connectivity index (χ4v) is 8.69. The van der Waals surface area contributed by atoms with Crippen molar-refractivity contribution in [2.45, 2.75) is 0 Å². The SMILES string of the molecule is c1ccc(-c2ccccc2N(c2cccc(-c3cccc4oc5ccccc5c34)c2)c2ccc3c4c(-c5ccccc5)cccc4n(-c4ccccc4)c3c2)cc1. The molecule has 11 rings (SSSR count). The fraction of sp³-hybridized carbons (Fsp3) is 0. The third-order valence-corrected chi connectivity index (χ3v) is 11.2. The summed E-state index contributed by atoms with van der Waals surface area (Å²) in [7, 11) is 0. The van der Waals surface area contributed by atoms with Gasteiger partial charge in [0.1, 0.15) is 11.2 Å². The summed E-state index contributed by atoms with van der Waals surface area (Å²) in [6, 6.07) is 78.2. The Morgan fingerprint density at radius 1 is 0.351 bits per heavy atom. The van der Waals surface area contributed by atoms with Gasteiger partial charge in [0.05, 0.1) is 16.7 Å². The number of benzene rings is 9. The summed E-state index contributed by atoms with van der Waals surface area (Å²) in [6.07, 6.45) is 0. The van der Waals surface area contributed by atoms with Crippen molar-refractivity contribution in [1.82, 2.24) is 4.57 Å². The molecule has 0 bridgehead atoms. The van der Waals surface area contributed by atoms with E-state index < -0.39 is 0 Å². The van der Waals surface area contributed by atoms with E-state index in [4.69, 9.17) is 4.42 Å². The first kappa shape index (κ1) is 32.8. The molecular weight excluding hydrogens is 693 g/mol. The van der Waals surface area contributed by atoms with Crippen LogP contribution in [0.1, 0.15) is 0 Å². The van der Waals surface area contributed by atoms with Gasteiger partial charge in [0, 0.05) is 44.2 Å². The third-order valence-electron chi connectivity index (χ3n) is 11.2. The maximum absolute atomic E-state index is 6.33. The monoisotopic (exact) mass is 728 g/mol. The molecule has 0 saturated heterocycles. The lowest BCUT2D eigenvalue weighted by atomic mass is 9.97. The molecule has 0 atom stereocenters. The molecule has 0 unspecified atom stereocenters. The number of hydrogen-bond donors (Lipinski definition) is 0. The lowest BCUT2D eigenvalue weighted by molar-refractivity contribution is 0.669. The van der Waals surface area contributed by atoms with E-state index in [9.17, 15) is 0 Å². The van der Waals surface area contributed by atoms with Crippen LogP contribution in [-0.4, -0.2) is 4.57 Å². The summed E-state index contributed by atoms with van der Waals surface area (Å²) in [4.78, 5) is 2.42. The summed E-state index contributed by atoms with van der Waals surface area (Å²) in [5.74, 6) is 0. The molecule has 0 radical (unpaired) electrons. The Bertz CT molecular complexity index is 3230. The average Bonchev–Trinajstić information content (AvgIpc) is 3.83. The van der Waals surface area contributed by atoms with Crippen LogP contribution in [0.3, 0.4) is 0 Å². The quantitative estimate of drug-likeness (QED) is 0.163. The molecule has 0 aliphatic rings. The predicted molar refractivity (Wildman–Crippen MR) is 239 cm³/mol.